The molecule has 1 atom stereocenters. The number of carbonyl (C=O) groups is 2. The molecule has 0 aliphatic carbocycles. The topological polar surface area (TPSA) is 74.4 Å². The number of hydrogen-bond donors (Lipinski definition) is 2. The minimum Gasteiger partial charge on any atom is -0.379 e. The van der Waals surface area contributed by atoms with Crippen molar-refractivity contribution in [2.75, 3.05) is 26.3 Å². The number of nitrogens with one attached hydrogen (secondary N) is 2. The standard InChI is InChI=1S/C21H25N3O3/c25-20(23-18-8-11-27-14-18)16-6-4-15(5-7-16)17-12-19(22-13-17)21(26)24-9-2-1-3-10-24/h4-7,12-13,18,22H,1-3,8-11,14H2,(H,23,25)/t18-/m1/s1. The lowest BCUT2D eigenvalue weighted by atomic mass is 10.1. The van der Waals surface area contributed by atoms with Crippen molar-refractivity contribution in [2.24, 2.45) is 0 Å². The molecule has 0 unspecified atom stereocenters. The van der Waals surface area contributed by atoms with E-state index in [9.17, 15) is 9.59 Å². The van der Waals surface area contributed by atoms with Crippen LogP contribution in [0.25, 0.3) is 11.1 Å². The SMILES string of the molecule is O=C(N[C@@H]1CCOC1)c1ccc(-c2c[nH]c(C(=O)N3CCCCC3)c2)cc1. The number of ether oxygens (including phenoxy) is 1. The van der Waals surface area contributed by atoms with Gasteiger partial charge < -0.3 is 19.9 Å². The summed E-state index contributed by atoms with van der Waals surface area (Å²) in [5, 5.41) is 2.99. The molecule has 4 rings (SSSR count). The zero-order chi connectivity index (χ0) is 18.6. The quantitative estimate of drug-likeness (QED) is 0.873. The van der Waals surface area contributed by atoms with Crippen LogP contribution >= 0.6 is 0 Å². The summed E-state index contributed by atoms with van der Waals surface area (Å²) in [5.41, 5.74) is 3.18. The highest BCUT2D eigenvalue weighted by Crippen LogP contribution is 2.22. The van der Waals surface area contributed by atoms with E-state index in [0.29, 0.717) is 24.5 Å². The molecule has 27 heavy (non-hydrogen) atoms. The van der Waals surface area contributed by atoms with Gasteiger partial charge in [0.25, 0.3) is 11.8 Å². The van der Waals surface area contributed by atoms with Gasteiger partial charge in [-0.05, 0) is 55.0 Å². The highest BCUT2D eigenvalue weighted by Gasteiger charge is 2.20. The first-order valence-corrected chi connectivity index (χ1v) is 9.67. The maximum absolute atomic E-state index is 12.6. The molecule has 6 heteroatoms. The molecule has 142 valence electrons. The third-order valence-electron chi connectivity index (χ3n) is 5.30. The number of aromatic nitrogens is 1. The van der Waals surface area contributed by atoms with E-state index in [4.69, 9.17) is 4.74 Å². The lowest BCUT2D eigenvalue weighted by Crippen LogP contribution is -2.35. The maximum Gasteiger partial charge on any atom is 0.270 e. The number of nitrogens with zero attached hydrogens (tertiary/aromatic N) is 1. The van der Waals surface area contributed by atoms with E-state index in [1.54, 1.807) is 0 Å². The fourth-order valence-electron chi connectivity index (χ4n) is 3.68. The molecular weight excluding hydrogens is 342 g/mol. The Morgan fingerprint density at radius 3 is 2.56 bits per heavy atom. The van der Waals surface area contributed by atoms with Crippen molar-refractivity contribution in [3.63, 3.8) is 0 Å². The van der Waals surface area contributed by atoms with Crippen molar-refractivity contribution >= 4 is 11.8 Å². The first-order valence-electron chi connectivity index (χ1n) is 9.67. The van der Waals surface area contributed by atoms with Crippen molar-refractivity contribution in [3.05, 3.63) is 47.8 Å². The number of aromatic amines is 1. The summed E-state index contributed by atoms with van der Waals surface area (Å²) in [6, 6.07) is 9.46. The molecule has 1 aromatic carbocycles. The fraction of sp³-hybridized carbons (Fsp3) is 0.429. The molecule has 2 saturated heterocycles. The Bertz CT molecular complexity index is 800. The van der Waals surface area contributed by atoms with Crippen LogP contribution < -0.4 is 5.32 Å². The van der Waals surface area contributed by atoms with Gasteiger partial charge in [0.15, 0.2) is 0 Å². The van der Waals surface area contributed by atoms with Gasteiger partial charge in [0.2, 0.25) is 0 Å². The highest BCUT2D eigenvalue weighted by molar-refractivity contribution is 5.96. The second-order valence-electron chi connectivity index (χ2n) is 7.27. The molecule has 0 radical (unpaired) electrons. The molecule has 2 aliphatic rings. The van der Waals surface area contributed by atoms with Gasteiger partial charge in [0.1, 0.15) is 5.69 Å². The monoisotopic (exact) mass is 367 g/mol. The number of piperidine rings is 1. The normalized spacial score (nSPS) is 19.9. The first-order chi connectivity index (χ1) is 13.2. The number of likely N-dealkylation sites (tertiary alicyclic amines) is 1. The van der Waals surface area contributed by atoms with Crippen LogP contribution in [0.1, 0.15) is 46.5 Å². The van der Waals surface area contributed by atoms with E-state index < -0.39 is 0 Å². The summed E-state index contributed by atoms with van der Waals surface area (Å²) < 4.78 is 5.29. The highest BCUT2D eigenvalue weighted by atomic mass is 16.5. The fourth-order valence-corrected chi connectivity index (χ4v) is 3.68. The molecule has 2 N–H and O–H groups in total. The predicted molar refractivity (Wildman–Crippen MR) is 103 cm³/mol. The summed E-state index contributed by atoms with van der Waals surface area (Å²) in [6.07, 6.45) is 6.07. The molecule has 1 aromatic heterocycles. The third kappa shape index (κ3) is 4.06. The number of H-pyrrole nitrogens is 1. The smallest absolute Gasteiger partial charge is 0.270 e. The molecule has 3 heterocycles. The molecule has 2 aromatic rings. The van der Waals surface area contributed by atoms with Gasteiger partial charge in [-0.25, -0.2) is 0 Å². The van der Waals surface area contributed by atoms with Crippen molar-refractivity contribution in [1.82, 2.24) is 15.2 Å². The van der Waals surface area contributed by atoms with Gasteiger partial charge >= 0.3 is 0 Å². The van der Waals surface area contributed by atoms with E-state index in [1.807, 2.05) is 41.4 Å². The minimum absolute atomic E-state index is 0.0655. The minimum atomic E-state index is -0.0768. The maximum atomic E-state index is 12.6. The average Bonchev–Trinajstić information content (AvgIpc) is 3.40. The van der Waals surface area contributed by atoms with E-state index >= 15 is 0 Å². The summed E-state index contributed by atoms with van der Waals surface area (Å²) in [4.78, 5) is 29.9. The van der Waals surface area contributed by atoms with Crippen molar-refractivity contribution in [3.8, 4) is 11.1 Å². The lowest BCUT2D eigenvalue weighted by Gasteiger charge is -2.26. The van der Waals surface area contributed by atoms with Crippen LogP contribution in [0.5, 0.6) is 0 Å². The Morgan fingerprint density at radius 2 is 1.85 bits per heavy atom. The molecule has 0 spiro atoms. The Hall–Kier alpha value is -2.60. The Balaban J connectivity index is 1.42. The van der Waals surface area contributed by atoms with Crippen molar-refractivity contribution in [1.29, 1.82) is 0 Å². The van der Waals surface area contributed by atoms with E-state index in [1.165, 1.54) is 6.42 Å². The zero-order valence-corrected chi connectivity index (χ0v) is 15.4. The summed E-state index contributed by atoms with van der Waals surface area (Å²) in [5.74, 6) is -0.0113. The van der Waals surface area contributed by atoms with Crippen LogP contribution in [0.4, 0.5) is 0 Å². The molecule has 0 saturated carbocycles. The molecular formula is C21H25N3O3. The largest absolute Gasteiger partial charge is 0.379 e. The third-order valence-corrected chi connectivity index (χ3v) is 5.30. The van der Waals surface area contributed by atoms with Crippen LogP contribution in [0.2, 0.25) is 0 Å². The van der Waals surface area contributed by atoms with Gasteiger partial charge in [0.05, 0.1) is 12.6 Å². The van der Waals surface area contributed by atoms with Gasteiger partial charge in [-0.15, -0.1) is 0 Å². The number of rotatable bonds is 4. The Labute approximate surface area is 158 Å². The molecule has 0 bridgehead atoms. The van der Waals surface area contributed by atoms with Crippen LogP contribution in [-0.2, 0) is 4.74 Å². The molecule has 2 aliphatic heterocycles. The molecule has 2 fully saturated rings. The van der Waals surface area contributed by atoms with Crippen LogP contribution in [-0.4, -0.2) is 54.0 Å². The first kappa shape index (κ1) is 17.8. The van der Waals surface area contributed by atoms with E-state index in [2.05, 4.69) is 10.3 Å². The summed E-state index contributed by atoms with van der Waals surface area (Å²) >= 11 is 0. The Kier molecular flexibility index (Phi) is 5.25. The Morgan fingerprint density at radius 1 is 1.07 bits per heavy atom. The number of benzene rings is 1. The van der Waals surface area contributed by atoms with Gasteiger partial charge in [0, 0.05) is 31.5 Å². The number of carbonyl (C=O) groups excluding carboxylic acids is 2. The lowest BCUT2D eigenvalue weighted by molar-refractivity contribution is 0.0719. The van der Waals surface area contributed by atoms with Crippen LogP contribution in [0.15, 0.2) is 36.5 Å². The predicted octanol–water partition coefficient (Wildman–Crippen LogP) is 2.83. The number of hydrogen-bond acceptors (Lipinski definition) is 3. The molecule has 6 nitrogen and oxygen atoms in total. The molecule has 2 amide bonds. The van der Waals surface area contributed by atoms with Crippen molar-refractivity contribution < 1.29 is 14.3 Å². The van der Waals surface area contributed by atoms with E-state index in [-0.39, 0.29) is 17.9 Å². The van der Waals surface area contributed by atoms with E-state index in [0.717, 1.165) is 43.5 Å². The average molecular weight is 367 g/mol. The summed E-state index contributed by atoms with van der Waals surface area (Å²) in [6.45, 7) is 2.96. The van der Waals surface area contributed by atoms with Gasteiger partial charge in [-0.1, -0.05) is 12.1 Å². The van der Waals surface area contributed by atoms with Crippen molar-refractivity contribution in [2.45, 2.75) is 31.7 Å². The van der Waals surface area contributed by atoms with Gasteiger partial charge in [-0.2, -0.15) is 0 Å². The van der Waals surface area contributed by atoms with Crippen LogP contribution in [0.3, 0.4) is 0 Å². The van der Waals surface area contributed by atoms with Crippen LogP contribution in [0, 0.1) is 0 Å². The zero-order valence-electron chi connectivity index (χ0n) is 15.4. The number of amides is 2. The summed E-state index contributed by atoms with van der Waals surface area (Å²) in [7, 11) is 0. The second-order valence-corrected chi connectivity index (χ2v) is 7.27. The second kappa shape index (κ2) is 7.96. The van der Waals surface area contributed by atoms with Gasteiger partial charge in [-0.3, -0.25) is 9.59 Å².